The predicted octanol–water partition coefficient (Wildman–Crippen LogP) is 7.31. The van der Waals surface area contributed by atoms with Crippen LogP contribution in [0.15, 0.2) is 85.1 Å². The third-order valence-corrected chi connectivity index (χ3v) is 5.67. The van der Waals surface area contributed by atoms with Gasteiger partial charge in [-0.25, -0.2) is 9.97 Å². The van der Waals surface area contributed by atoms with Crippen molar-refractivity contribution < 1.29 is 9.47 Å². The molecule has 0 aliphatic carbocycles. The smallest absolute Gasteiger partial charge is 0.178 e. The van der Waals surface area contributed by atoms with Gasteiger partial charge in [0.05, 0.1) is 17.2 Å². The Morgan fingerprint density at radius 3 is 2.50 bits per heavy atom. The van der Waals surface area contributed by atoms with E-state index in [4.69, 9.17) is 26.1 Å². The lowest BCUT2D eigenvalue weighted by Gasteiger charge is -2.15. The van der Waals surface area contributed by atoms with Crippen LogP contribution in [0.1, 0.15) is 19.4 Å². The topological polar surface area (TPSA) is 60.0 Å². The van der Waals surface area contributed by atoms with Gasteiger partial charge in [-0.1, -0.05) is 60.1 Å². The number of nitrogens with one attached hydrogen (secondary N) is 1. The van der Waals surface area contributed by atoms with Crippen molar-refractivity contribution in [3.8, 4) is 34.0 Å². The van der Waals surface area contributed by atoms with Crippen LogP contribution in [0.5, 0.6) is 11.5 Å². The average molecular weight is 470 g/mol. The van der Waals surface area contributed by atoms with Crippen molar-refractivity contribution in [1.82, 2.24) is 15.0 Å². The summed E-state index contributed by atoms with van der Waals surface area (Å²) in [6.45, 7) is 4.48. The monoisotopic (exact) mass is 469 g/mol. The van der Waals surface area contributed by atoms with Gasteiger partial charge in [-0.15, -0.1) is 0 Å². The molecular weight excluding hydrogens is 446 g/mol. The number of halogens is 1. The molecule has 3 aromatic carbocycles. The second kappa shape index (κ2) is 9.57. The van der Waals surface area contributed by atoms with Crippen molar-refractivity contribution in [2.75, 3.05) is 0 Å². The van der Waals surface area contributed by atoms with E-state index in [9.17, 15) is 0 Å². The van der Waals surface area contributed by atoms with E-state index in [2.05, 4.69) is 9.97 Å². The normalized spacial score (nSPS) is 11.2. The zero-order valence-corrected chi connectivity index (χ0v) is 19.7. The van der Waals surface area contributed by atoms with Gasteiger partial charge in [0, 0.05) is 28.4 Å². The molecule has 0 saturated heterocycles. The first-order chi connectivity index (χ1) is 16.6. The van der Waals surface area contributed by atoms with Crippen LogP contribution in [-0.2, 0) is 6.61 Å². The van der Waals surface area contributed by atoms with E-state index in [0.717, 1.165) is 33.5 Å². The van der Waals surface area contributed by atoms with Gasteiger partial charge in [0.15, 0.2) is 5.65 Å². The molecule has 1 N–H and O–H groups in total. The van der Waals surface area contributed by atoms with Crippen molar-refractivity contribution >= 4 is 22.8 Å². The van der Waals surface area contributed by atoms with E-state index in [1.807, 2.05) is 92.7 Å². The van der Waals surface area contributed by atoms with Crippen LogP contribution < -0.4 is 9.47 Å². The molecule has 0 fully saturated rings. The molecule has 0 bridgehead atoms. The van der Waals surface area contributed by atoms with E-state index in [0.29, 0.717) is 28.9 Å². The highest BCUT2D eigenvalue weighted by Gasteiger charge is 2.15. The van der Waals surface area contributed by atoms with Gasteiger partial charge in [0.2, 0.25) is 0 Å². The van der Waals surface area contributed by atoms with Crippen molar-refractivity contribution in [1.29, 1.82) is 0 Å². The maximum absolute atomic E-state index is 6.38. The first-order valence-electron chi connectivity index (χ1n) is 11.2. The fraction of sp³-hybridized carbons (Fsp3) is 0.143. The van der Waals surface area contributed by atoms with Crippen LogP contribution in [0.2, 0.25) is 5.02 Å². The van der Waals surface area contributed by atoms with Gasteiger partial charge in [0.1, 0.15) is 23.9 Å². The van der Waals surface area contributed by atoms with Gasteiger partial charge < -0.3 is 14.5 Å². The summed E-state index contributed by atoms with van der Waals surface area (Å²) >= 11 is 6.38. The summed E-state index contributed by atoms with van der Waals surface area (Å²) in [6.07, 6.45) is 1.79. The lowest BCUT2D eigenvalue weighted by molar-refractivity contribution is 0.240. The molecule has 2 heterocycles. The highest BCUT2D eigenvalue weighted by atomic mass is 35.5. The Labute approximate surface area is 203 Å². The summed E-state index contributed by atoms with van der Waals surface area (Å²) in [5.74, 6) is 2.12. The van der Waals surface area contributed by atoms with E-state index in [1.165, 1.54) is 0 Å². The van der Waals surface area contributed by atoms with Crippen LogP contribution >= 0.6 is 11.6 Å². The minimum Gasteiger partial charge on any atom is -0.490 e. The number of imidazole rings is 1. The molecule has 0 spiro atoms. The number of aromatic amines is 1. The Kier molecular flexibility index (Phi) is 6.19. The molecule has 0 unspecified atom stereocenters. The maximum Gasteiger partial charge on any atom is 0.178 e. The number of ether oxygens (including phenoxy) is 2. The molecule has 2 aromatic heterocycles. The minimum atomic E-state index is -0.00236. The molecule has 5 aromatic rings. The fourth-order valence-corrected chi connectivity index (χ4v) is 4.00. The number of pyridine rings is 1. The van der Waals surface area contributed by atoms with Crippen LogP contribution in [-0.4, -0.2) is 21.1 Å². The number of rotatable bonds is 7. The average Bonchev–Trinajstić information content (AvgIpc) is 3.26. The molecule has 0 atom stereocenters. The number of aromatic nitrogens is 3. The molecule has 0 aliphatic heterocycles. The summed E-state index contributed by atoms with van der Waals surface area (Å²) in [5, 5.41) is 0.682. The minimum absolute atomic E-state index is 0.00236. The Morgan fingerprint density at radius 2 is 1.71 bits per heavy atom. The number of hydrogen-bond acceptors (Lipinski definition) is 4. The Hall–Kier alpha value is -3.83. The van der Waals surface area contributed by atoms with Crippen molar-refractivity contribution in [2.24, 2.45) is 0 Å². The van der Waals surface area contributed by atoms with Crippen molar-refractivity contribution in [3.63, 3.8) is 0 Å². The zero-order chi connectivity index (χ0) is 23.5. The number of hydrogen-bond donors (Lipinski definition) is 1. The standard InChI is InChI=1S/C28H24ClN3O2/c1-18(2)34-26-15-21(33-17-19-8-4-3-5-9-19)12-13-23(26)27-31-25-14-20(16-30-28(25)32-27)22-10-6-7-11-24(22)29/h3-16,18H,17H2,1-2H3,(H,30,31,32). The fourth-order valence-electron chi connectivity index (χ4n) is 3.75. The lowest BCUT2D eigenvalue weighted by Crippen LogP contribution is -2.07. The third kappa shape index (κ3) is 4.75. The van der Waals surface area contributed by atoms with Gasteiger partial charge >= 0.3 is 0 Å². The summed E-state index contributed by atoms with van der Waals surface area (Å²) in [5.41, 5.74) is 5.27. The Bertz CT molecular complexity index is 1430. The molecule has 6 heteroatoms. The summed E-state index contributed by atoms with van der Waals surface area (Å²) in [6, 6.07) is 25.6. The van der Waals surface area contributed by atoms with Crippen LogP contribution in [0, 0.1) is 0 Å². The molecule has 5 rings (SSSR count). The third-order valence-electron chi connectivity index (χ3n) is 5.34. The van der Waals surface area contributed by atoms with E-state index >= 15 is 0 Å². The van der Waals surface area contributed by atoms with Gasteiger partial charge in [0.25, 0.3) is 0 Å². The van der Waals surface area contributed by atoms with Crippen LogP contribution in [0.4, 0.5) is 0 Å². The molecule has 0 radical (unpaired) electrons. The molecule has 0 aliphatic rings. The molecule has 170 valence electrons. The van der Waals surface area contributed by atoms with E-state index in [-0.39, 0.29) is 6.10 Å². The van der Waals surface area contributed by atoms with E-state index in [1.54, 1.807) is 6.20 Å². The van der Waals surface area contributed by atoms with E-state index < -0.39 is 0 Å². The SMILES string of the molecule is CC(C)Oc1cc(OCc2ccccc2)ccc1-c1nc2ncc(-c3ccccc3Cl)cc2[nH]1. The molecule has 0 saturated carbocycles. The van der Waals surface area contributed by atoms with Gasteiger partial charge in [-0.2, -0.15) is 0 Å². The van der Waals surface area contributed by atoms with Gasteiger partial charge in [-0.05, 0) is 43.7 Å². The maximum atomic E-state index is 6.38. The first-order valence-corrected chi connectivity index (χ1v) is 11.5. The molecule has 5 nitrogen and oxygen atoms in total. The molecular formula is C28H24ClN3O2. The Balaban J connectivity index is 1.47. The summed E-state index contributed by atoms with van der Waals surface area (Å²) < 4.78 is 12.1. The predicted molar refractivity (Wildman–Crippen MR) is 136 cm³/mol. The quantitative estimate of drug-likeness (QED) is 0.271. The number of H-pyrrole nitrogens is 1. The second-order valence-corrected chi connectivity index (χ2v) is 8.67. The van der Waals surface area contributed by atoms with Crippen molar-refractivity contribution in [2.45, 2.75) is 26.6 Å². The summed E-state index contributed by atoms with van der Waals surface area (Å²) in [7, 11) is 0. The van der Waals surface area contributed by atoms with Crippen LogP contribution in [0.25, 0.3) is 33.7 Å². The van der Waals surface area contributed by atoms with Crippen molar-refractivity contribution in [3.05, 3.63) is 95.6 Å². The lowest BCUT2D eigenvalue weighted by atomic mass is 10.1. The molecule has 0 amide bonds. The highest BCUT2D eigenvalue weighted by Crippen LogP contribution is 2.35. The number of fused-ring (bicyclic) bond motifs is 1. The summed E-state index contributed by atoms with van der Waals surface area (Å²) in [4.78, 5) is 12.7. The number of nitrogens with zero attached hydrogens (tertiary/aromatic N) is 2. The second-order valence-electron chi connectivity index (χ2n) is 8.26. The Morgan fingerprint density at radius 1 is 0.912 bits per heavy atom. The zero-order valence-electron chi connectivity index (χ0n) is 19.0. The number of benzene rings is 3. The highest BCUT2D eigenvalue weighted by molar-refractivity contribution is 6.33. The molecule has 34 heavy (non-hydrogen) atoms. The van der Waals surface area contributed by atoms with Crippen LogP contribution in [0.3, 0.4) is 0 Å². The first kappa shape index (κ1) is 22.0. The largest absolute Gasteiger partial charge is 0.490 e. The van der Waals surface area contributed by atoms with Gasteiger partial charge in [-0.3, -0.25) is 0 Å².